The second kappa shape index (κ2) is 20.1. The topological polar surface area (TPSA) is 103 Å². The average Bonchev–Trinajstić information content (AvgIpc) is 2.74. The summed E-state index contributed by atoms with van der Waals surface area (Å²) in [6.07, 6.45) is 25.0. The highest BCUT2D eigenvalue weighted by Crippen LogP contribution is 2.19. The molecule has 7 nitrogen and oxygen atoms in total. The minimum absolute atomic E-state index is 0.140. The summed E-state index contributed by atoms with van der Waals surface area (Å²) in [4.78, 5) is 30.4. The van der Waals surface area contributed by atoms with Crippen LogP contribution >= 0.6 is 0 Å². The number of unbranched alkanes of at least 4 members (excludes halogenated alkanes) is 16. The van der Waals surface area contributed by atoms with Gasteiger partial charge in [-0.15, -0.1) is 0 Å². The summed E-state index contributed by atoms with van der Waals surface area (Å²) >= 11 is 0. The van der Waals surface area contributed by atoms with E-state index in [-0.39, 0.29) is 12.7 Å². The smallest absolute Gasteiger partial charge is 0.287 e. The summed E-state index contributed by atoms with van der Waals surface area (Å²) in [6.45, 7) is 2.25. The van der Waals surface area contributed by atoms with Crippen molar-refractivity contribution in [3.63, 3.8) is 0 Å². The Bertz CT molecular complexity index is 494. The predicted octanol–water partition coefficient (Wildman–Crippen LogP) is 7.42. The van der Waals surface area contributed by atoms with Gasteiger partial charge in [0.05, 0.1) is 6.42 Å². The van der Waals surface area contributed by atoms with Crippen molar-refractivity contribution >= 4 is 6.29 Å². The summed E-state index contributed by atoms with van der Waals surface area (Å²) < 4.78 is 0. The van der Waals surface area contributed by atoms with E-state index in [0.29, 0.717) is 12.8 Å². The zero-order valence-electron chi connectivity index (χ0n) is 19.6. The third-order valence-corrected chi connectivity index (χ3v) is 5.88. The van der Waals surface area contributed by atoms with Crippen LogP contribution in [0.15, 0.2) is 12.2 Å². The van der Waals surface area contributed by atoms with E-state index < -0.39 is 15.5 Å². The zero-order chi connectivity index (χ0) is 23.2. The molecule has 0 aliphatic heterocycles. The van der Waals surface area contributed by atoms with Crippen LogP contribution in [0.1, 0.15) is 129 Å². The number of allylic oxidation sites excluding steroid dienone is 2. The molecule has 0 amide bonds. The van der Waals surface area contributed by atoms with Gasteiger partial charge < -0.3 is 0 Å². The molecule has 31 heavy (non-hydrogen) atoms. The summed E-state index contributed by atoms with van der Waals surface area (Å²) in [5.41, 5.74) is -2.66. The predicted molar refractivity (Wildman–Crippen MR) is 125 cm³/mol. The minimum Gasteiger partial charge on any atom is -0.287 e. The van der Waals surface area contributed by atoms with E-state index in [1.54, 1.807) is 0 Å². The molecule has 0 atom stereocenters. The van der Waals surface area contributed by atoms with E-state index in [9.17, 15) is 25.0 Å². The van der Waals surface area contributed by atoms with Crippen molar-refractivity contribution in [1.29, 1.82) is 0 Å². The molecule has 0 N–H and O–H groups in total. The molecule has 0 fully saturated rings. The summed E-state index contributed by atoms with van der Waals surface area (Å²) in [5, 5.41) is 21.7. The summed E-state index contributed by atoms with van der Waals surface area (Å²) in [7, 11) is 0. The van der Waals surface area contributed by atoms with E-state index >= 15 is 0 Å². The van der Waals surface area contributed by atoms with Gasteiger partial charge in [-0.25, -0.2) is 0 Å². The van der Waals surface area contributed by atoms with Gasteiger partial charge in [-0.1, -0.05) is 103 Å². The van der Waals surface area contributed by atoms with E-state index in [4.69, 9.17) is 0 Å². The fourth-order valence-corrected chi connectivity index (χ4v) is 3.73. The van der Waals surface area contributed by atoms with Crippen LogP contribution in [0.5, 0.6) is 0 Å². The molecule has 0 saturated heterocycles. The van der Waals surface area contributed by atoms with Crippen molar-refractivity contribution in [2.75, 3.05) is 0 Å². The van der Waals surface area contributed by atoms with Gasteiger partial charge in [-0.3, -0.25) is 25.0 Å². The van der Waals surface area contributed by atoms with E-state index in [2.05, 4.69) is 19.1 Å². The van der Waals surface area contributed by atoms with Crippen molar-refractivity contribution < 1.29 is 14.6 Å². The molecule has 0 aromatic rings. The molecule has 0 spiro atoms. The molecule has 0 saturated carbocycles. The fraction of sp³-hybridized carbons (Fsp3) is 0.875. The molecule has 0 aliphatic carbocycles. The lowest BCUT2D eigenvalue weighted by molar-refractivity contribution is -0.774. The van der Waals surface area contributed by atoms with Gasteiger partial charge >= 0.3 is 5.66 Å². The van der Waals surface area contributed by atoms with Crippen LogP contribution in [0.25, 0.3) is 0 Å². The van der Waals surface area contributed by atoms with E-state index in [0.717, 1.165) is 19.3 Å². The molecule has 0 heterocycles. The maximum absolute atomic E-state index is 10.9. The number of hydrogen-bond acceptors (Lipinski definition) is 5. The van der Waals surface area contributed by atoms with Crippen molar-refractivity contribution in [3.8, 4) is 0 Å². The monoisotopic (exact) mass is 440 g/mol. The largest absolute Gasteiger partial charge is 0.512 e. The first-order valence-electron chi connectivity index (χ1n) is 12.4. The Morgan fingerprint density at radius 3 is 1.32 bits per heavy atom. The summed E-state index contributed by atoms with van der Waals surface area (Å²) in [5.74, 6) is 0. The lowest BCUT2D eigenvalue weighted by Crippen LogP contribution is -2.47. The van der Waals surface area contributed by atoms with Crippen molar-refractivity contribution in [1.82, 2.24) is 0 Å². The van der Waals surface area contributed by atoms with Gasteiger partial charge in [-0.05, 0) is 32.1 Å². The first kappa shape index (κ1) is 29.2. The first-order chi connectivity index (χ1) is 15.0. The Labute approximate surface area is 188 Å². The van der Waals surface area contributed by atoms with Gasteiger partial charge in [0, 0.05) is 0 Å². The minimum atomic E-state index is -2.66. The van der Waals surface area contributed by atoms with Gasteiger partial charge in [0.1, 0.15) is 9.85 Å². The molecular formula is C24H44N2O5. The van der Waals surface area contributed by atoms with Crippen molar-refractivity contribution in [3.05, 3.63) is 32.4 Å². The van der Waals surface area contributed by atoms with Crippen LogP contribution in [0.3, 0.4) is 0 Å². The van der Waals surface area contributed by atoms with Crippen LogP contribution in [-0.4, -0.2) is 21.8 Å². The second-order valence-corrected chi connectivity index (χ2v) is 8.61. The lowest BCUT2D eigenvalue weighted by atomic mass is 10.0. The quantitative estimate of drug-likeness (QED) is 0.0410. The third-order valence-electron chi connectivity index (χ3n) is 5.88. The number of hydrogen-bond donors (Lipinski definition) is 0. The van der Waals surface area contributed by atoms with Crippen LogP contribution in [-0.2, 0) is 4.79 Å². The van der Waals surface area contributed by atoms with Crippen molar-refractivity contribution in [2.24, 2.45) is 0 Å². The Hall–Kier alpha value is -1.79. The van der Waals surface area contributed by atoms with Gasteiger partial charge in [0.15, 0.2) is 0 Å². The zero-order valence-corrected chi connectivity index (χ0v) is 19.6. The molecule has 0 unspecified atom stereocenters. The normalized spacial score (nSPS) is 11.8. The molecule has 0 aliphatic rings. The second-order valence-electron chi connectivity index (χ2n) is 8.61. The number of nitro groups is 2. The number of nitrogens with zero attached hydrogens (tertiary/aromatic N) is 2. The molecule has 0 rings (SSSR count). The highest BCUT2D eigenvalue weighted by molar-refractivity contribution is 5.59. The number of rotatable bonds is 23. The van der Waals surface area contributed by atoms with Gasteiger partial charge in [0.2, 0.25) is 0 Å². The number of carbonyl (C=O) groups is 1. The SMILES string of the molecule is CCCCCCCC/C=C\CCCCCCCCCCCCC(C=O)([N+](=O)[O-])[N+](=O)[O-]. The molecule has 180 valence electrons. The Kier molecular flexibility index (Phi) is 19.0. The molecule has 0 aromatic heterocycles. The van der Waals surface area contributed by atoms with Crippen LogP contribution in [0.4, 0.5) is 0 Å². The molecule has 0 radical (unpaired) electrons. The van der Waals surface area contributed by atoms with Gasteiger partial charge in [-0.2, -0.15) is 0 Å². The Morgan fingerprint density at radius 2 is 0.968 bits per heavy atom. The fourth-order valence-electron chi connectivity index (χ4n) is 3.73. The van der Waals surface area contributed by atoms with Crippen LogP contribution in [0.2, 0.25) is 0 Å². The molecule has 0 bridgehead atoms. The summed E-state index contributed by atoms with van der Waals surface area (Å²) in [6, 6.07) is 0. The van der Waals surface area contributed by atoms with Crippen LogP contribution in [0, 0.1) is 20.2 Å². The van der Waals surface area contributed by atoms with Gasteiger partial charge in [0.25, 0.3) is 6.29 Å². The molecular weight excluding hydrogens is 396 g/mol. The van der Waals surface area contributed by atoms with Crippen LogP contribution < -0.4 is 0 Å². The van der Waals surface area contributed by atoms with E-state index in [1.807, 2.05) is 0 Å². The molecule has 0 aromatic carbocycles. The number of carbonyl (C=O) groups excluding carboxylic acids is 1. The van der Waals surface area contributed by atoms with E-state index in [1.165, 1.54) is 83.5 Å². The maximum atomic E-state index is 10.9. The Balaban J connectivity index is 3.44. The third kappa shape index (κ3) is 14.8. The standard InChI is InChI=1S/C24H44N2O5/c1-2-3-4-5-6-7-8-9-10-11-12-13-14-15-16-17-18-19-20-21-22-24(23-27,25(28)29)26(30)31/h9-10,23H,2-8,11-22H2,1H3/b10-9-. The average molecular weight is 441 g/mol. The van der Waals surface area contributed by atoms with Crippen molar-refractivity contribution in [2.45, 2.75) is 135 Å². The maximum Gasteiger partial charge on any atom is 0.512 e. The first-order valence-corrected chi connectivity index (χ1v) is 12.4. The highest BCUT2D eigenvalue weighted by atomic mass is 16.7. The lowest BCUT2D eigenvalue weighted by Gasteiger charge is -2.10. The highest BCUT2D eigenvalue weighted by Gasteiger charge is 2.55. The number of aldehydes is 1. The molecule has 7 heteroatoms. The Morgan fingerprint density at radius 1 is 0.613 bits per heavy atom.